The Morgan fingerprint density at radius 3 is 1.30 bits per heavy atom. The highest BCUT2D eigenvalue weighted by atomic mass is 31.1. The lowest BCUT2D eigenvalue weighted by atomic mass is 10.2. The van der Waals surface area contributed by atoms with E-state index in [1.807, 2.05) is 18.2 Å². The minimum atomic E-state index is -0.151. The molecule has 0 amide bonds. The third-order valence-electron chi connectivity index (χ3n) is 3.52. The van der Waals surface area contributed by atoms with Crippen molar-refractivity contribution in [2.24, 2.45) is 0 Å². The van der Waals surface area contributed by atoms with Crippen LogP contribution in [0.25, 0.3) is 0 Å². The molecule has 0 nitrogen and oxygen atoms in total. The average molecular weight is 320 g/mol. The molecule has 0 atom stereocenters. The van der Waals surface area contributed by atoms with Gasteiger partial charge < -0.3 is 0 Å². The van der Waals surface area contributed by atoms with Crippen molar-refractivity contribution in [2.75, 3.05) is 6.16 Å². The van der Waals surface area contributed by atoms with Gasteiger partial charge in [0.05, 0.1) is 0 Å². The van der Waals surface area contributed by atoms with Gasteiger partial charge in [-0.2, -0.15) is 0 Å². The molecular formula is C22H25P. The second-order valence-electron chi connectivity index (χ2n) is 5.48. The summed E-state index contributed by atoms with van der Waals surface area (Å²) in [6.45, 7) is 4.35. The molecule has 0 saturated heterocycles. The molecule has 118 valence electrons. The highest BCUT2D eigenvalue weighted by Crippen LogP contribution is 2.33. The number of aryl methyl sites for hydroxylation is 1. The van der Waals surface area contributed by atoms with E-state index in [0.29, 0.717) is 0 Å². The molecule has 3 rings (SSSR count). The number of benzene rings is 3. The van der Waals surface area contributed by atoms with Gasteiger partial charge in [-0.25, -0.2) is 0 Å². The van der Waals surface area contributed by atoms with Crippen molar-refractivity contribution in [1.82, 2.24) is 0 Å². The molecule has 1 heteroatoms. The van der Waals surface area contributed by atoms with E-state index in [9.17, 15) is 0 Å². The molecule has 0 bridgehead atoms. The Kier molecular flexibility index (Phi) is 7.57. The maximum atomic E-state index is 2.27. The summed E-state index contributed by atoms with van der Waals surface area (Å²) in [5.41, 5.74) is 1.32. The Labute approximate surface area is 142 Å². The van der Waals surface area contributed by atoms with E-state index in [1.54, 1.807) is 0 Å². The van der Waals surface area contributed by atoms with Crippen LogP contribution in [-0.4, -0.2) is 6.16 Å². The summed E-state index contributed by atoms with van der Waals surface area (Å²) < 4.78 is 0. The van der Waals surface area contributed by atoms with Gasteiger partial charge in [0.15, 0.2) is 0 Å². The second kappa shape index (κ2) is 9.98. The van der Waals surface area contributed by atoms with Gasteiger partial charge in [-0.1, -0.05) is 110 Å². The van der Waals surface area contributed by atoms with Gasteiger partial charge in [0.1, 0.15) is 0 Å². The van der Waals surface area contributed by atoms with Gasteiger partial charge in [-0.05, 0) is 31.6 Å². The third-order valence-corrected chi connectivity index (χ3v) is 6.26. The minimum absolute atomic E-state index is 0.151. The second-order valence-corrected chi connectivity index (χ2v) is 7.81. The maximum Gasteiger partial charge on any atom is -0.0195 e. The lowest BCUT2D eigenvalue weighted by Gasteiger charge is -2.17. The molecule has 0 saturated carbocycles. The van der Waals surface area contributed by atoms with Crippen LogP contribution in [0.1, 0.15) is 18.9 Å². The molecule has 0 heterocycles. The summed E-state index contributed by atoms with van der Waals surface area (Å²) in [6, 6.07) is 32.0. The molecule has 23 heavy (non-hydrogen) atoms. The predicted octanol–water partition coefficient (Wildman–Crippen LogP) is 5.52. The number of hydrogen-bond acceptors (Lipinski definition) is 0. The van der Waals surface area contributed by atoms with Crippen molar-refractivity contribution in [3.63, 3.8) is 0 Å². The van der Waals surface area contributed by atoms with Crippen molar-refractivity contribution in [2.45, 2.75) is 20.3 Å². The van der Waals surface area contributed by atoms with Crippen LogP contribution in [0, 0.1) is 6.92 Å². The standard InChI is InChI=1S/C15H17P.C7H8/c1-2-13-16(14-9-5-3-6-10-14)15-11-7-4-8-12-15;1-7-5-3-2-4-6-7/h3-12H,2,13H2,1H3;2-6H,1H3. The molecular weight excluding hydrogens is 295 g/mol. The first-order chi connectivity index (χ1) is 11.3. The predicted molar refractivity (Wildman–Crippen MR) is 105 cm³/mol. The van der Waals surface area contributed by atoms with Gasteiger partial charge in [0, 0.05) is 0 Å². The van der Waals surface area contributed by atoms with Crippen LogP contribution in [0.4, 0.5) is 0 Å². The quantitative estimate of drug-likeness (QED) is 0.555. The molecule has 0 spiro atoms. The molecule has 0 aliphatic heterocycles. The average Bonchev–Trinajstić information content (AvgIpc) is 2.62. The topological polar surface area (TPSA) is 0 Å². The molecule has 0 aromatic heterocycles. The van der Waals surface area contributed by atoms with Crippen LogP contribution in [0.3, 0.4) is 0 Å². The first-order valence-electron chi connectivity index (χ1n) is 8.20. The van der Waals surface area contributed by atoms with E-state index in [1.165, 1.54) is 28.8 Å². The van der Waals surface area contributed by atoms with Crippen LogP contribution in [0.2, 0.25) is 0 Å². The Bertz CT molecular complexity index is 608. The number of rotatable bonds is 4. The van der Waals surface area contributed by atoms with Crippen LogP contribution < -0.4 is 10.6 Å². The summed E-state index contributed by atoms with van der Waals surface area (Å²) in [4.78, 5) is 0. The zero-order valence-corrected chi connectivity index (χ0v) is 14.9. The lowest BCUT2D eigenvalue weighted by Crippen LogP contribution is -2.13. The summed E-state index contributed by atoms with van der Waals surface area (Å²) in [7, 11) is -0.151. The largest absolute Gasteiger partial charge is 0.0650 e. The summed E-state index contributed by atoms with van der Waals surface area (Å²) in [5.74, 6) is 0. The van der Waals surface area contributed by atoms with Crippen LogP contribution in [0.15, 0.2) is 91.0 Å². The van der Waals surface area contributed by atoms with E-state index < -0.39 is 0 Å². The number of hydrogen-bond donors (Lipinski definition) is 0. The van der Waals surface area contributed by atoms with Crippen molar-refractivity contribution in [3.8, 4) is 0 Å². The Hall–Kier alpha value is -1.91. The van der Waals surface area contributed by atoms with Crippen molar-refractivity contribution in [3.05, 3.63) is 96.6 Å². The van der Waals surface area contributed by atoms with Gasteiger partial charge in [-0.3, -0.25) is 0 Å². The van der Waals surface area contributed by atoms with Crippen LogP contribution >= 0.6 is 7.92 Å². The van der Waals surface area contributed by atoms with E-state index in [0.717, 1.165) is 0 Å². The first kappa shape index (κ1) is 17.4. The van der Waals surface area contributed by atoms with E-state index >= 15 is 0 Å². The summed E-state index contributed by atoms with van der Waals surface area (Å²) >= 11 is 0. The van der Waals surface area contributed by atoms with Gasteiger partial charge in [0.25, 0.3) is 0 Å². The highest BCUT2D eigenvalue weighted by Gasteiger charge is 2.11. The van der Waals surface area contributed by atoms with Crippen molar-refractivity contribution >= 4 is 18.5 Å². The smallest absolute Gasteiger partial charge is 0.0195 e. The van der Waals surface area contributed by atoms with E-state index in [2.05, 4.69) is 86.6 Å². The fourth-order valence-electron chi connectivity index (χ4n) is 2.38. The first-order valence-corrected chi connectivity index (χ1v) is 9.73. The van der Waals surface area contributed by atoms with Crippen LogP contribution in [0.5, 0.6) is 0 Å². The summed E-state index contributed by atoms with van der Waals surface area (Å²) in [6.07, 6.45) is 2.53. The molecule has 0 radical (unpaired) electrons. The normalized spacial score (nSPS) is 10.0. The Morgan fingerprint density at radius 1 is 0.609 bits per heavy atom. The van der Waals surface area contributed by atoms with E-state index in [-0.39, 0.29) is 7.92 Å². The minimum Gasteiger partial charge on any atom is -0.0650 e. The SMILES string of the molecule is CCCP(c1ccccc1)c1ccccc1.Cc1ccccc1. The zero-order valence-electron chi connectivity index (χ0n) is 14.0. The molecule has 3 aromatic carbocycles. The fourth-order valence-corrected chi connectivity index (χ4v) is 4.71. The summed E-state index contributed by atoms with van der Waals surface area (Å²) in [5, 5.41) is 2.98. The van der Waals surface area contributed by atoms with E-state index in [4.69, 9.17) is 0 Å². The van der Waals surface area contributed by atoms with Crippen LogP contribution in [-0.2, 0) is 0 Å². The van der Waals surface area contributed by atoms with Gasteiger partial charge in [0.2, 0.25) is 0 Å². The Balaban J connectivity index is 0.000000229. The maximum absolute atomic E-state index is 2.27. The molecule has 0 aliphatic carbocycles. The van der Waals surface area contributed by atoms with Gasteiger partial charge >= 0.3 is 0 Å². The monoisotopic (exact) mass is 320 g/mol. The molecule has 3 aromatic rings. The highest BCUT2D eigenvalue weighted by molar-refractivity contribution is 7.73. The van der Waals surface area contributed by atoms with Crippen molar-refractivity contribution < 1.29 is 0 Å². The molecule has 0 N–H and O–H groups in total. The fraction of sp³-hybridized carbons (Fsp3) is 0.182. The molecule has 0 unspecified atom stereocenters. The third kappa shape index (κ3) is 6.00. The zero-order chi connectivity index (χ0) is 16.3. The van der Waals surface area contributed by atoms with Crippen molar-refractivity contribution in [1.29, 1.82) is 0 Å². The molecule has 0 fully saturated rings. The van der Waals surface area contributed by atoms with Gasteiger partial charge in [-0.15, -0.1) is 0 Å². The molecule has 0 aliphatic rings. The lowest BCUT2D eigenvalue weighted by molar-refractivity contribution is 1.10. The Morgan fingerprint density at radius 2 is 1.00 bits per heavy atom.